The molecule has 2 unspecified atom stereocenters. The first-order valence-corrected chi connectivity index (χ1v) is 6.21. The van der Waals surface area contributed by atoms with Crippen LogP contribution in [0.4, 0.5) is 0 Å². The van der Waals surface area contributed by atoms with Crippen molar-refractivity contribution in [2.45, 2.75) is 17.4 Å². The summed E-state index contributed by atoms with van der Waals surface area (Å²) in [6.45, 7) is 1.91. The van der Waals surface area contributed by atoms with E-state index in [1.54, 1.807) is 12.4 Å². The van der Waals surface area contributed by atoms with Crippen LogP contribution in [0.1, 0.15) is 12.0 Å². The van der Waals surface area contributed by atoms with Gasteiger partial charge in [-0.25, -0.2) is 0 Å². The molecule has 1 aliphatic heterocycles. The van der Waals surface area contributed by atoms with Crippen LogP contribution in [0.3, 0.4) is 0 Å². The Labute approximate surface area is 98.5 Å². The van der Waals surface area contributed by atoms with Crippen molar-refractivity contribution in [1.29, 1.82) is 0 Å². The highest BCUT2D eigenvalue weighted by Crippen LogP contribution is 2.11. The van der Waals surface area contributed by atoms with Crippen LogP contribution in [-0.4, -0.2) is 27.5 Å². The number of halogens is 1. The van der Waals surface area contributed by atoms with E-state index < -0.39 is 10.8 Å². The molecule has 1 fully saturated rings. The summed E-state index contributed by atoms with van der Waals surface area (Å²) in [4.78, 5) is 3.94. The van der Waals surface area contributed by atoms with Crippen LogP contribution < -0.4 is 5.32 Å². The van der Waals surface area contributed by atoms with Crippen molar-refractivity contribution >= 4 is 23.2 Å². The molecule has 0 amide bonds. The summed E-state index contributed by atoms with van der Waals surface area (Å²) in [5.41, 5.74) is 1.12. The third-order valence-electron chi connectivity index (χ3n) is 2.45. The van der Waals surface area contributed by atoms with Gasteiger partial charge in [-0.15, -0.1) is 12.4 Å². The van der Waals surface area contributed by atoms with Gasteiger partial charge in [-0.05, 0) is 30.7 Å². The summed E-state index contributed by atoms with van der Waals surface area (Å²) in [6, 6.07) is 3.86. The van der Waals surface area contributed by atoms with E-state index in [9.17, 15) is 4.21 Å². The first-order valence-electron chi connectivity index (χ1n) is 4.83. The summed E-state index contributed by atoms with van der Waals surface area (Å²) in [5, 5.41) is 3.57. The Bertz CT molecular complexity index is 314. The minimum Gasteiger partial charge on any atom is -0.315 e. The van der Waals surface area contributed by atoms with Crippen molar-refractivity contribution in [1.82, 2.24) is 10.3 Å². The second kappa shape index (κ2) is 6.20. The molecule has 2 atom stereocenters. The zero-order valence-electron chi connectivity index (χ0n) is 8.39. The normalized spacial score (nSPS) is 22.0. The average molecular weight is 247 g/mol. The fourth-order valence-electron chi connectivity index (χ4n) is 1.61. The molecule has 1 aliphatic rings. The van der Waals surface area contributed by atoms with E-state index in [2.05, 4.69) is 10.3 Å². The van der Waals surface area contributed by atoms with Crippen molar-refractivity contribution in [2.75, 3.05) is 13.1 Å². The van der Waals surface area contributed by atoms with Gasteiger partial charge < -0.3 is 5.32 Å². The quantitative estimate of drug-likeness (QED) is 0.869. The number of hydrogen-bond donors (Lipinski definition) is 1. The predicted octanol–water partition coefficient (Wildman–Crippen LogP) is 1.11. The highest BCUT2D eigenvalue weighted by atomic mass is 35.5. The molecular weight excluding hydrogens is 232 g/mol. The van der Waals surface area contributed by atoms with Crippen molar-refractivity contribution in [2.24, 2.45) is 0 Å². The minimum absolute atomic E-state index is 0. The number of pyridine rings is 1. The Morgan fingerprint density at radius 1 is 1.47 bits per heavy atom. The van der Waals surface area contributed by atoms with E-state index in [-0.39, 0.29) is 12.4 Å². The van der Waals surface area contributed by atoms with E-state index >= 15 is 0 Å². The molecule has 1 aromatic rings. The second-order valence-electron chi connectivity index (χ2n) is 3.50. The Balaban J connectivity index is 0.00000112. The average Bonchev–Trinajstić information content (AvgIpc) is 2.72. The molecule has 0 spiro atoms. The van der Waals surface area contributed by atoms with Crippen LogP contribution >= 0.6 is 12.4 Å². The van der Waals surface area contributed by atoms with E-state index in [0.29, 0.717) is 11.0 Å². The van der Waals surface area contributed by atoms with Gasteiger partial charge in [0.05, 0.1) is 0 Å². The van der Waals surface area contributed by atoms with Gasteiger partial charge in [0.2, 0.25) is 0 Å². The number of rotatable bonds is 3. The van der Waals surface area contributed by atoms with E-state index in [0.717, 1.165) is 25.1 Å². The van der Waals surface area contributed by atoms with Crippen LogP contribution in [0.25, 0.3) is 0 Å². The van der Waals surface area contributed by atoms with Gasteiger partial charge in [0.15, 0.2) is 0 Å². The maximum absolute atomic E-state index is 11.9. The van der Waals surface area contributed by atoms with Crippen LogP contribution in [-0.2, 0) is 16.6 Å². The molecule has 1 N–H and O–H groups in total. The summed E-state index contributed by atoms with van der Waals surface area (Å²) in [7, 11) is -0.737. The van der Waals surface area contributed by atoms with E-state index in [1.807, 2.05) is 12.1 Å². The number of nitrogens with zero attached hydrogens (tertiary/aromatic N) is 1. The van der Waals surface area contributed by atoms with Crippen molar-refractivity contribution in [3.05, 3.63) is 30.1 Å². The van der Waals surface area contributed by atoms with E-state index in [1.165, 1.54) is 0 Å². The molecule has 15 heavy (non-hydrogen) atoms. The zero-order chi connectivity index (χ0) is 9.80. The monoisotopic (exact) mass is 246 g/mol. The standard InChI is InChI=1S/C10H14N2OS.ClH/c13-14(10-3-6-12-7-10)8-9-1-4-11-5-2-9;/h1-2,4-5,10,12H,3,6-8H2;1H. The number of nitrogens with one attached hydrogen (secondary N) is 1. The van der Waals surface area contributed by atoms with Gasteiger partial charge >= 0.3 is 0 Å². The molecule has 1 aromatic heterocycles. The van der Waals surface area contributed by atoms with Crippen molar-refractivity contribution < 1.29 is 4.21 Å². The fraction of sp³-hybridized carbons (Fsp3) is 0.500. The van der Waals surface area contributed by atoms with Gasteiger partial charge in [0.1, 0.15) is 0 Å². The topological polar surface area (TPSA) is 42.0 Å². The van der Waals surface area contributed by atoms with Gasteiger partial charge in [-0.2, -0.15) is 0 Å². The second-order valence-corrected chi connectivity index (χ2v) is 5.21. The van der Waals surface area contributed by atoms with Gasteiger partial charge in [0.25, 0.3) is 0 Å². The largest absolute Gasteiger partial charge is 0.315 e. The maximum Gasteiger partial charge on any atom is 0.0490 e. The summed E-state index contributed by atoms with van der Waals surface area (Å²) in [6.07, 6.45) is 4.54. The molecule has 1 saturated heterocycles. The fourth-order valence-corrected chi connectivity index (χ4v) is 3.05. The lowest BCUT2D eigenvalue weighted by Crippen LogP contribution is -2.19. The van der Waals surface area contributed by atoms with Crippen LogP contribution in [0.5, 0.6) is 0 Å². The van der Waals surface area contributed by atoms with Gasteiger partial charge in [0, 0.05) is 40.7 Å². The Morgan fingerprint density at radius 3 is 2.80 bits per heavy atom. The molecule has 3 nitrogen and oxygen atoms in total. The van der Waals surface area contributed by atoms with Crippen molar-refractivity contribution in [3.8, 4) is 0 Å². The molecule has 0 bridgehead atoms. The first kappa shape index (κ1) is 12.6. The minimum atomic E-state index is -0.737. The third kappa shape index (κ3) is 3.55. The molecule has 2 rings (SSSR count). The Hall–Kier alpha value is -0.450. The lowest BCUT2D eigenvalue weighted by molar-refractivity contribution is 0.672. The van der Waals surface area contributed by atoms with Crippen LogP contribution in [0, 0.1) is 0 Å². The summed E-state index contributed by atoms with van der Waals surface area (Å²) in [5.74, 6) is 0.662. The highest BCUT2D eigenvalue weighted by Gasteiger charge is 2.20. The highest BCUT2D eigenvalue weighted by molar-refractivity contribution is 7.84. The summed E-state index contributed by atoms with van der Waals surface area (Å²) >= 11 is 0. The molecule has 84 valence electrons. The molecule has 0 aromatic carbocycles. The predicted molar refractivity (Wildman–Crippen MR) is 64.6 cm³/mol. The number of hydrogen-bond acceptors (Lipinski definition) is 3. The van der Waals surface area contributed by atoms with Crippen LogP contribution in [0.15, 0.2) is 24.5 Å². The molecule has 0 radical (unpaired) electrons. The Kier molecular flexibility index (Phi) is 5.22. The molecule has 0 aliphatic carbocycles. The molecule has 0 saturated carbocycles. The van der Waals surface area contributed by atoms with Crippen LogP contribution in [0.2, 0.25) is 0 Å². The molecule has 5 heteroatoms. The van der Waals surface area contributed by atoms with Crippen molar-refractivity contribution in [3.63, 3.8) is 0 Å². The third-order valence-corrected chi connectivity index (χ3v) is 4.21. The number of aromatic nitrogens is 1. The SMILES string of the molecule is Cl.O=S(Cc1ccncc1)C1CCNC1. The lowest BCUT2D eigenvalue weighted by atomic mass is 10.3. The Morgan fingerprint density at radius 2 is 2.20 bits per heavy atom. The zero-order valence-corrected chi connectivity index (χ0v) is 10.0. The molecular formula is C10H15ClN2OS. The smallest absolute Gasteiger partial charge is 0.0490 e. The van der Waals surface area contributed by atoms with Gasteiger partial charge in [-0.1, -0.05) is 0 Å². The molecule has 2 heterocycles. The first-order chi connectivity index (χ1) is 6.86. The van der Waals surface area contributed by atoms with E-state index in [4.69, 9.17) is 0 Å². The summed E-state index contributed by atoms with van der Waals surface area (Å²) < 4.78 is 11.9. The maximum atomic E-state index is 11.9. The lowest BCUT2D eigenvalue weighted by Gasteiger charge is -2.07. The van der Waals surface area contributed by atoms with Gasteiger partial charge in [-0.3, -0.25) is 9.19 Å².